The minimum absolute atomic E-state index is 0.132. The van der Waals surface area contributed by atoms with Gasteiger partial charge < -0.3 is 20.0 Å². The highest BCUT2D eigenvalue weighted by molar-refractivity contribution is 5.91. The van der Waals surface area contributed by atoms with E-state index in [9.17, 15) is 4.79 Å². The fraction of sp³-hybridized carbons (Fsp3) is 0.632. The first kappa shape index (κ1) is 17.2. The van der Waals surface area contributed by atoms with E-state index < -0.39 is 0 Å². The second kappa shape index (κ2) is 8.49. The Hall–Kier alpha value is -1.59. The van der Waals surface area contributed by atoms with E-state index in [1.54, 1.807) is 4.90 Å². The number of rotatable bonds is 4. The Labute approximate surface area is 145 Å². The van der Waals surface area contributed by atoms with Gasteiger partial charge in [-0.15, -0.1) is 0 Å². The van der Waals surface area contributed by atoms with Crippen LogP contribution in [-0.2, 0) is 4.79 Å². The topological polar surface area (TPSA) is 41.2 Å². The SMILES string of the molecule is C[NH+]1CC[NH+](CC(=O)Nc2ccc(N3CCCCCC3)cc2)CC1. The molecular formula is C19H32N4O+2. The summed E-state index contributed by atoms with van der Waals surface area (Å²) in [5.41, 5.74) is 2.19. The molecule has 0 spiro atoms. The first-order valence-electron chi connectivity index (χ1n) is 9.50. The summed E-state index contributed by atoms with van der Waals surface area (Å²) in [5.74, 6) is 0.132. The largest absolute Gasteiger partial charge is 0.372 e. The highest BCUT2D eigenvalue weighted by Gasteiger charge is 2.22. The van der Waals surface area contributed by atoms with Crippen molar-refractivity contribution in [1.29, 1.82) is 0 Å². The minimum Gasteiger partial charge on any atom is -0.372 e. The fourth-order valence-corrected chi connectivity index (χ4v) is 3.72. The van der Waals surface area contributed by atoms with Gasteiger partial charge in [0, 0.05) is 24.5 Å². The van der Waals surface area contributed by atoms with Crippen LogP contribution < -0.4 is 20.0 Å². The van der Waals surface area contributed by atoms with Crippen LogP contribution in [0.2, 0.25) is 0 Å². The van der Waals surface area contributed by atoms with Crippen LogP contribution in [0.4, 0.5) is 11.4 Å². The summed E-state index contributed by atoms with van der Waals surface area (Å²) in [6, 6.07) is 8.38. The molecule has 1 amide bonds. The summed E-state index contributed by atoms with van der Waals surface area (Å²) in [7, 11) is 2.22. The van der Waals surface area contributed by atoms with E-state index in [2.05, 4.69) is 29.4 Å². The lowest BCUT2D eigenvalue weighted by Crippen LogP contribution is -3.27. The zero-order chi connectivity index (χ0) is 16.8. The Bertz CT molecular complexity index is 515. The molecule has 0 atom stereocenters. The number of nitrogens with zero attached hydrogens (tertiary/aromatic N) is 1. The molecule has 2 aliphatic rings. The third kappa shape index (κ3) is 4.95. The first-order chi connectivity index (χ1) is 11.7. The highest BCUT2D eigenvalue weighted by Crippen LogP contribution is 2.21. The number of piperazine rings is 1. The summed E-state index contributed by atoms with van der Waals surface area (Å²) in [4.78, 5) is 17.7. The highest BCUT2D eigenvalue weighted by atomic mass is 16.2. The molecule has 132 valence electrons. The van der Waals surface area contributed by atoms with Gasteiger partial charge in [0.1, 0.15) is 26.2 Å². The average Bonchev–Trinajstić information content (AvgIpc) is 2.87. The van der Waals surface area contributed by atoms with Crippen molar-refractivity contribution in [2.45, 2.75) is 25.7 Å². The van der Waals surface area contributed by atoms with Crippen molar-refractivity contribution in [2.24, 2.45) is 0 Å². The maximum atomic E-state index is 12.2. The number of hydrogen-bond acceptors (Lipinski definition) is 2. The fourth-order valence-electron chi connectivity index (χ4n) is 3.72. The van der Waals surface area contributed by atoms with Gasteiger partial charge in [-0.25, -0.2) is 0 Å². The number of benzene rings is 1. The molecule has 2 aliphatic heterocycles. The van der Waals surface area contributed by atoms with Crippen molar-refractivity contribution >= 4 is 17.3 Å². The van der Waals surface area contributed by atoms with Crippen molar-refractivity contribution in [3.8, 4) is 0 Å². The lowest BCUT2D eigenvalue weighted by atomic mass is 10.2. The monoisotopic (exact) mass is 332 g/mol. The zero-order valence-electron chi connectivity index (χ0n) is 14.9. The van der Waals surface area contributed by atoms with Crippen LogP contribution >= 0.6 is 0 Å². The van der Waals surface area contributed by atoms with E-state index in [-0.39, 0.29) is 5.91 Å². The molecule has 0 saturated carbocycles. The number of carbonyl (C=O) groups excluding carboxylic acids is 1. The third-order valence-corrected chi connectivity index (χ3v) is 5.34. The molecule has 0 bridgehead atoms. The first-order valence-corrected chi connectivity index (χ1v) is 9.50. The molecule has 5 heteroatoms. The van der Waals surface area contributed by atoms with Gasteiger partial charge in [-0.3, -0.25) is 4.79 Å². The molecule has 2 heterocycles. The van der Waals surface area contributed by atoms with E-state index in [1.165, 1.54) is 36.3 Å². The number of likely N-dealkylation sites (N-methyl/N-ethyl adjacent to an activating group) is 1. The molecule has 0 aromatic heterocycles. The number of quaternary nitrogens is 2. The molecule has 5 nitrogen and oxygen atoms in total. The van der Waals surface area contributed by atoms with Gasteiger partial charge >= 0.3 is 0 Å². The van der Waals surface area contributed by atoms with Gasteiger partial charge in [0.2, 0.25) is 0 Å². The zero-order valence-corrected chi connectivity index (χ0v) is 14.9. The Morgan fingerprint density at radius 2 is 1.62 bits per heavy atom. The van der Waals surface area contributed by atoms with Crippen molar-refractivity contribution in [3.63, 3.8) is 0 Å². The lowest BCUT2D eigenvalue weighted by Gasteiger charge is -2.26. The van der Waals surface area contributed by atoms with Gasteiger partial charge in [-0.1, -0.05) is 12.8 Å². The van der Waals surface area contributed by atoms with Crippen LogP contribution in [0.15, 0.2) is 24.3 Å². The average molecular weight is 332 g/mol. The number of carbonyl (C=O) groups is 1. The van der Waals surface area contributed by atoms with Crippen LogP contribution in [0.1, 0.15) is 25.7 Å². The maximum absolute atomic E-state index is 12.2. The summed E-state index contributed by atoms with van der Waals surface area (Å²) in [6.07, 6.45) is 5.27. The maximum Gasteiger partial charge on any atom is 0.279 e. The summed E-state index contributed by atoms with van der Waals surface area (Å²) in [5, 5.41) is 3.06. The molecule has 24 heavy (non-hydrogen) atoms. The molecule has 3 rings (SSSR count). The van der Waals surface area contributed by atoms with Crippen LogP contribution in [0.3, 0.4) is 0 Å². The molecular weight excluding hydrogens is 300 g/mol. The molecule has 1 aromatic carbocycles. The van der Waals surface area contributed by atoms with Crippen LogP contribution in [-0.4, -0.2) is 58.8 Å². The van der Waals surface area contributed by atoms with E-state index in [4.69, 9.17) is 0 Å². The predicted octanol–water partition coefficient (Wildman–Crippen LogP) is -0.581. The van der Waals surface area contributed by atoms with Crippen molar-refractivity contribution in [1.82, 2.24) is 0 Å². The van der Waals surface area contributed by atoms with Crippen molar-refractivity contribution in [3.05, 3.63) is 24.3 Å². The summed E-state index contributed by atoms with van der Waals surface area (Å²) < 4.78 is 0. The number of hydrogen-bond donors (Lipinski definition) is 3. The van der Waals surface area contributed by atoms with Crippen LogP contribution in [0.5, 0.6) is 0 Å². The normalized spacial score (nSPS) is 25.1. The molecule has 1 aromatic rings. The summed E-state index contributed by atoms with van der Waals surface area (Å²) >= 11 is 0. The Morgan fingerprint density at radius 1 is 1.00 bits per heavy atom. The smallest absolute Gasteiger partial charge is 0.279 e. The Kier molecular flexibility index (Phi) is 6.10. The molecule has 3 N–H and O–H groups in total. The molecule has 0 unspecified atom stereocenters. The Balaban J connectivity index is 1.49. The van der Waals surface area contributed by atoms with E-state index in [1.807, 2.05) is 12.1 Å². The standard InChI is InChI=1S/C19H30N4O/c1-21-12-14-22(15-13-21)16-19(24)20-17-6-8-18(9-7-17)23-10-4-2-3-5-11-23/h6-9H,2-5,10-16H2,1H3,(H,20,24)/p+2. The van der Waals surface area contributed by atoms with Gasteiger partial charge in [0.05, 0.1) is 7.05 Å². The predicted molar refractivity (Wildman–Crippen MR) is 97.9 cm³/mol. The van der Waals surface area contributed by atoms with Gasteiger partial charge in [-0.05, 0) is 37.1 Å². The minimum atomic E-state index is 0.132. The molecule has 2 saturated heterocycles. The van der Waals surface area contributed by atoms with Crippen LogP contribution in [0.25, 0.3) is 0 Å². The van der Waals surface area contributed by atoms with E-state index in [0.29, 0.717) is 6.54 Å². The summed E-state index contributed by atoms with van der Waals surface area (Å²) in [6.45, 7) is 7.39. The second-order valence-corrected chi connectivity index (χ2v) is 7.38. The van der Waals surface area contributed by atoms with Gasteiger partial charge in [0.25, 0.3) is 5.91 Å². The molecule has 0 aliphatic carbocycles. The Morgan fingerprint density at radius 3 is 2.25 bits per heavy atom. The van der Waals surface area contributed by atoms with Crippen LogP contribution in [0, 0.1) is 0 Å². The van der Waals surface area contributed by atoms with Crippen molar-refractivity contribution < 1.29 is 14.6 Å². The molecule has 0 radical (unpaired) electrons. The van der Waals surface area contributed by atoms with E-state index >= 15 is 0 Å². The number of nitrogens with one attached hydrogen (secondary N) is 3. The quantitative estimate of drug-likeness (QED) is 0.691. The number of anilines is 2. The van der Waals surface area contributed by atoms with E-state index in [0.717, 1.165) is 45.0 Å². The van der Waals surface area contributed by atoms with Gasteiger partial charge in [0.15, 0.2) is 6.54 Å². The van der Waals surface area contributed by atoms with Gasteiger partial charge in [-0.2, -0.15) is 0 Å². The third-order valence-electron chi connectivity index (χ3n) is 5.34. The molecule has 2 fully saturated rings. The number of amides is 1. The lowest BCUT2D eigenvalue weighted by molar-refractivity contribution is -0.999. The second-order valence-electron chi connectivity index (χ2n) is 7.38. The van der Waals surface area contributed by atoms with Crippen molar-refractivity contribution in [2.75, 3.05) is 63.1 Å².